The lowest BCUT2D eigenvalue weighted by molar-refractivity contribution is -0.132. The highest BCUT2D eigenvalue weighted by molar-refractivity contribution is 5.98. The van der Waals surface area contributed by atoms with Crippen molar-refractivity contribution >= 4 is 17.2 Å². The number of Topliss-reactive ketones (excluding diaryl/α,β-unsaturated/α-hetero) is 1. The van der Waals surface area contributed by atoms with Crippen molar-refractivity contribution in [2.24, 2.45) is 5.92 Å². The zero-order valence-electron chi connectivity index (χ0n) is 18.1. The highest BCUT2D eigenvalue weighted by Gasteiger charge is 2.28. The van der Waals surface area contributed by atoms with Gasteiger partial charge in [-0.3, -0.25) is 14.4 Å². The predicted molar refractivity (Wildman–Crippen MR) is 115 cm³/mol. The van der Waals surface area contributed by atoms with Gasteiger partial charge >= 0.3 is 0 Å². The van der Waals surface area contributed by atoms with Crippen molar-refractivity contribution in [2.75, 3.05) is 20.2 Å². The number of nitrogens with one attached hydrogen (secondary N) is 1. The summed E-state index contributed by atoms with van der Waals surface area (Å²) in [6.07, 6.45) is 3.27. The molecule has 0 unspecified atom stereocenters. The van der Waals surface area contributed by atoms with Crippen LogP contribution in [-0.4, -0.2) is 51.4 Å². The molecule has 0 radical (unpaired) electrons. The Hall–Kier alpha value is -3.56. The lowest BCUT2D eigenvalue weighted by atomic mass is 9.88. The number of nitrogens with zero attached hydrogens (tertiary/aromatic N) is 3. The number of ether oxygens (including phenoxy) is 1. The number of piperidine rings is 1. The van der Waals surface area contributed by atoms with Crippen LogP contribution in [0, 0.1) is 17.6 Å². The molecule has 8 nitrogen and oxygen atoms in total. The first-order valence-electron chi connectivity index (χ1n) is 10.8. The largest absolute Gasteiger partial charge is 0.494 e. The maximum absolute atomic E-state index is 13.9. The number of hydrogen-bond acceptors (Lipinski definition) is 5. The minimum absolute atomic E-state index is 0.0353. The van der Waals surface area contributed by atoms with E-state index in [1.54, 1.807) is 11.0 Å². The number of methoxy groups -OCH3 is 1. The third-order valence-electron chi connectivity index (χ3n) is 5.94. The second-order valence-electron chi connectivity index (χ2n) is 8.11. The molecule has 33 heavy (non-hydrogen) atoms. The predicted octanol–water partition coefficient (Wildman–Crippen LogP) is 2.75. The van der Waals surface area contributed by atoms with Crippen LogP contribution in [0.2, 0.25) is 0 Å². The molecule has 1 amide bonds. The van der Waals surface area contributed by atoms with Crippen molar-refractivity contribution in [1.82, 2.24) is 19.5 Å². The number of aryl methyl sites for hydroxylation is 1. The zero-order chi connectivity index (χ0) is 23.5. The first-order chi connectivity index (χ1) is 15.9. The number of H-pyrrole nitrogens is 1. The Labute approximate surface area is 188 Å². The quantitative estimate of drug-likeness (QED) is 0.549. The van der Waals surface area contributed by atoms with E-state index in [1.165, 1.54) is 23.8 Å². The van der Waals surface area contributed by atoms with Gasteiger partial charge < -0.3 is 14.6 Å². The van der Waals surface area contributed by atoms with Gasteiger partial charge in [0.05, 0.1) is 13.3 Å². The molecule has 0 atom stereocenters. The number of benzene rings is 1. The van der Waals surface area contributed by atoms with E-state index in [4.69, 9.17) is 4.74 Å². The smallest absolute Gasteiger partial charge is 0.275 e. The summed E-state index contributed by atoms with van der Waals surface area (Å²) in [7, 11) is 1.37. The fraction of sp³-hybridized carbons (Fsp3) is 0.391. The first kappa shape index (κ1) is 22.6. The highest BCUT2D eigenvalue weighted by Crippen LogP contribution is 2.25. The second-order valence-corrected chi connectivity index (χ2v) is 8.11. The molecular formula is C23H24F2N4O4. The average Bonchev–Trinajstić information content (AvgIpc) is 3.19. The number of halogens is 2. The van der Waals surface area contributed by atoms with E-state index in [9.17, 15) is 23.2 Å². The Kier molecular flexibility index (Phi) is 6.52. The van der Waals surface area contributed by atoms with Crippen LogP contribution in [0.15, 0.2) is 35.3 Å². The molecule has 0 saturated carbocycles. The molecule has 0 spiro atoms. The molecule has 0 bridgehead atoms. The number of aromatic nitrogens is 3. The van der Waals surface area contributed by atoms with Crippen LogP contribution in [0.3, 0.4) is 0 Å². The third-order valence-corrected chi connectivity index (χ3v) is 5.94. The van der Waals surface area contributed by atoms with E-state index in [2.05, 4.69) is 10.1 Å². The fourth-order valence-electron chi connectivity index (χ4n) is 4.15. The molecular weight excluding hydrogens is 434 g/mol. The molecule has 1 aliphatic heterocycles. The van der Waals surface area contributed by atoms with Gasteiger partial charge in [-0.2, -0.15) is 5.10 Å². The van der Waals surface area contributed by atoms with Gasteiger partial charge in [-0.25, -0.2) is 13.3 Å². The van der Waals surface area contributed by atoms with E-state index < -0.39 is 17.2 Å². The summed E-state index contributed by atoms with van der Waals surface area (Å²) in [5, 5.41) is 4.17. The number of aromatic amines is 1. The maximum Gasteiger partial charge on any atom is 0.275 e. The Morgan fingerprint density at radius 3 is 2.67 bits per heavy atom. The summed E-state index contributed by atoms with van der Waals surface area (Å²) >= 11 is 0. The summed E-state index contributed by atoms with van der Waals surface area (Å²) in [5.74, 6) is -1.07. The Morgan fingerprint density at radius 2 is 1.97 bits per heavy atom. The van der Waals surface area contributed by atoms with Gasteiger partial charge in [0.2, 0.25) is 5.91 Å². The summed E-state index contributed by atoms with van der Waals surface area (Å²) in [6.45, 7) is 0.912. The van der Waals surface area contributed by atoms with Crippen LogP contribution in [0.4, 0.5) is 8.78 Å². The van der Waals surface area contributed by atoms with Gasteiger partial charge in [-0.05, 0) is 37.5 Å². The summed E-state index contributed by atoms with van der Waals surface area (Å²) in [5.41, 5.74) is -0.0000541. The molecule has 4 rings (SSSR count). The third kappa shape index (κ3) is 4.94. The average molecular weight is 458 g/mol. The van der Waals surface area contributed by atoms with Gasteiger partial charge in [-0.1, -0.05) is 0 Å². The van der Waals surface area contributed by atoms with Gasteiger partial charge in [0, 0.05) is 43.5 Å². The van der Waals surface area contributed by atoms with Crippen molar-refractivity contribution in [1.29, 1.82) is 0 Å². The van der Waals surface area contributed by atoms with E-state index in [0.717, 1.165) is 12.3 Å². The van der Waals surface area contributed by atoms with Crippen LogP contribution < -0.4 is 10.3 Å². The van der Waals surface area contributed by atoms with Crippen molar-refractivity contribution in [3.8, 4) is 5.75 Å². The van der Waals surface area contributed by atoms with Crippen LogP contribution in [0.1, 0.15) is 41.9 Å². The normalized spacial score (nSPS) is 14.6. The number of rotatable bonds is 7. The molecule has 10 heteroatoms. The Bertz CT molecular complexity index is 1240. The first-order valence-corrected chi connectivity index (χ1v) is 10.8. The minimum Gasteiger partial charge on any atom is -0.494 e. The lowest BCUT2D eigenvalue weighted by Crippen LogP contribution is -2.40. The van der Waals surface area contributed by atoms with Crippen molar-refractivity contribution < 1.29 is 23.1 Å². The van der Waals surface area contributed by atoms with Crippen molar-refractivity contribution in [3.05, 3.63) is 63.8 Å². The van der Waals surface area contributed by atoms with E-state index >= 15 is 0 Å². The zero-order valence-corrected chi connectivity index (χ0v) is 18.1. The SMILES string of the molecule is COc1ccc(C(=O)C2CCN(C(=O)CCCc3nn4cc(F)cc4c(=O)[nH]3)CC2)cc1F. The van der Waals surface area contributed by atoms with Crippen molar-refractivity contribution in [2.45, 2.75) is 32.1 Å². The maximum atomic E-state index is 13.9. The summed E-state index contributed by atoms with van der Waals surface area (Å²) in [4.78, 5) is 41.6. The van der Waals surface area contributed by atoms with Gasteiger partial charge in [0.25, 0.3) is 5.56 Å². The lowest BCUT2D eigenvalue weighted by Gasteiger charge is -2.31. The van der Waals surface area contributed by atoms with Crippen LogP contribution in [-0.2, 0) is 11.2 Å². The minimum atomic E-state index is -0.576. The molecule has 1 aliphatic rings. The summed E-state index contributed by atoms with van der Waals surface area (Å²) in [6, 6.07) is 5.29. The number of carbonyl (C=O) groups is 2. The second kappa shape index (κ2) is 9.51. The molecule has 3 heterocycles. The van der Waals surface area contributed by atoms with Crippen LogP contribution >= 0.6 is 0 Å². The number of likely N-dealkylation sites (tertiary alicyclic amines) is 1. The van der Waals surface area contributed by atoms with E-state index in [-0.39, 0.29) is 35.3 Å². The van der Waals surface area contributed by atoms with E-state index in [0.29, 0.717) is 50.2 Å². The Balaban J connectivity index is 1.27. The Morgan fingerprint density at radius 1 is 1.21 bits per heavy atom. The van der Waals surface area contributed by atoms with E-state index in [1.807, 2.05) is 0 Å². The number of carbonyl (C=O) groups excluding carboxylic acids is 2. The highest BCUT2D eigenvalue weighted by atomic mass is 19.1. The number of ketones is 1. The van der Waals surface area contributed by atoms with Crippen molar-refractivity contribution in [3.63, 3.8) is 0 Å². The molecule has 0 aliphatic carbocycles. The molecule has 3 aromatic rings. The summed E-state index contributed by atoms with van der Waals surface area (Å²) < 4.78 is 33.3. The van der Waals surface area contributed by atoms with Crippen LogP contribution in [0.25, 0.3) is 5.52 Å². The van der Waals surface area contributed by atoms with Gasteiger partial charge in [0.1, 0.15) is 17.2 Å². The standard InChI is InChI=1S/C23H24F2N4O4/c1-33-19-6-5-15(11-17(19)25)22(31)14-7-9-28(10-8-14)21(30)4-2-3-20-26-23(32)18-12-16(24)13-29(18)27-20/h5-6,11-14H,2-4,7-10H2,1H3,(H,26,27,32). The topological polar surface area (TPSA) is 96.8 Å². The van der Waals surface area contributed by atoms with Gasteiger partial charge in [-0.15, -0.1) is 0 Å². The monoisotopic (exact) mass is 458 g/mol. The molecule has 1 saturated heterocycles. The van der Waals surface area contributed by atoms with Crippen LogP contribution in [0.5, 0.6) is 5.75 Å². The fourth-order valence-corrected chi connectivity index (χ4v) is 4.15. The van der Waals surface area contributed by atoms with Gasteiger partial charge in [0.15, 0.2) is 17.3 Å². The molecule has 1 aromatic carbocycles. The number of hydrogen-bond donors (Lipinski definition) is 1. The number of fused-ring (bicyclic) bond motifs is 1. The molecule has 1 N–H and O–H groups in total. The molecule has 1 fully saturated rings. The number of amides is 1. The molecule has 174 valence electrons. The molecule has 2 aromatic heterocycles.